The van der Waals surface area contributed by atoms with Crippen LogP contribution in [0.2, 0.25) is 0 Å². The molecular formula is C22H18N4O2. The lowest BCUT2D eigenvalue weighted by molar-refractivity contribution is 0.399. The maximum absolute atomic E-state index is 12.9. The molecule has 0 amide bonds. The van der Waals surface area contributed by atoms with Crippen LogP contribution in [-0.4, -0.2) is 19.7 Å². The minimum Gasteiger partial charge on any atom is -0.420 e. The molecule has 2 aromatic carbocycles. The normalized spacial score (nSPS) is 14.9. The molecule has 3 heterocycles. The van der Waals surface area contributed by atoms with Crippen LogP contribution in [0.4, 0.5) is 0 Å². The van der Waals surface area contributed by atoms with Crippen LogP contribution in [0.25, 0.3) is 5.69 Å². The molecule has 0 saturated carbocycles. The minimum atomic E-state index is -0.297. The third kappa shape index (κ3) is 2.45. The van der Waals surface area contributed by atoms with Crippen LogP contribution in [0.3, 0.4) is 0 Å². The molecule has 1 aliphatic rings. The minimum absolute atomic E-state index is 0.186. The fourth-order valence-corrected chi connectivity index (χ4v) is 3.81. The molecule has 0 bridgehead atoms. The molecule has 2 aromatic heterocycles. The van der Waals surface area contributed by atoms with Crippen LogP contribution in [-0.2, 0) is 0 Å². The molecule has 0 aliphatic carbocycles. The Labute approximate surface area is 161 Å². The average molecular weight is 370 g/mol. The van der Waals surface area contributed by atoms with E-state index >= 15 is 0 Å². The van der Waals surface area contributed by atoms with E-state index in [1.54, 1.807) is 11.6 Å². The summed E-state index contributed by atoms with van der Waals surface area (Å²) in [5.41, 5.74) is 3.93. The first-order valence-electron chi connectivity index (χ1n) is 9.12. The Morgan fingerprint density at radius 3 is 2.36 bits per heavy atom. The Balaban J connectivity index is 1.82. The van der Waals surface area contributed by atoms with Gasteiger partial charge < -0.3 is 9.72 Å². The molecular weight excluding hydrogens is 352 g/mol. The number of rotatable bonds is 2. The zero-order valence-electron chi connectivity index (χ0n) is 15.5. The highest BCUT2D eigenvalue weighted by Crippen LogP contribution is 2.47. The first kappa shape index (κ1) is 16.5. The monoisotopic (exact) mass is 370 g/mol. The fourth-order valence-electron chi connectivity index (χ4n) is 3.81. The van der Waals surface area contributed by atoms with E-state index in [-0.39, 0.29) is 11.5 Å². The van der Waals surface area contributed by atoms with E-state index in [0.29, 0.717) is 23.1 Å². The number of hydrogen-bond donors (Lipinski definition) is 1. The number of hydrogen-bond acceptors (Lipinski definition) is 4. The Bertz CT molecular complexity index is 1230. The predicted molar refractivity (Wildman–Crippen MR) is 105 cm³/mol. The van der Waals surface area contributed by atoms with Crippen LogP contribution in [0, 0.1) is 13.8 Å². The summed E-state index contributed by atoms with van der Waals surface area (Å²) in [6, 6.07) is 19.7. The SMILES string of the molecule is Cc1nc2c(c(=O)[nH]1)C(c1ccccc1)c1c(C)nn(-c3ccccc3)c1O2. The number of benzene rings is 2. The van der Waals surface area contributed by atoms with Crippen molar-refractivity contribution in [3.8, 4) is 17.4 Å². The summed E-state index contributed by atoms with van der Waals surface area (Å²) in [5, 5.41) is 4.73. The standard InChI is InChI=1S/C22H18N4O2/c1-13-17-18(15-9-5-3-6-10-15)19-20(27)23-14(2)24-21(19)28-22(17)26(25-13)16-11-7-4-8-12-16/h3-12,18H,1-2H3,(H,23,24,27). The Morgan fingerprint density at radius 2 is 1.64 bits per heavy atom. The molecule has 5 rings (SSSR count). The second-order valence-electron chi connectivity index (χ2n) is 6.87. The van der Waals surface area contributed by atoms with Crippen LogP contribution in [0.5, 0.6) is 11.8 Å². The van der Waals surface area contributed by atoms with Gasteiger partial charge in [-0.25, -0.2) is 4.68 Å². The van der Waals surface area contributed by atoms with Crippen LogP contribution in [0.1, 0.15) is 34.1 Å². The number of aryl methyl sites for hydroxylation is 2. The molecule has 4 aromatic rings. The summed E-state index contributed by atoms with van der Waals surface area (Å²) < 4.78 is 7.95. The lowest BCUT2D eigenvalue weighted by Crippen LogP contribution is -2.25. The molecule has 6 heteroatoms. The van der Waals surface area contributed by atoms with E-state index in [2.05, 4.69) is 9.97 Å². The van der Waals surface area contributed by atoms with Gasteiger partial charge in [0.2, 0.25) is 11.8 Å². The summed E-state index contributed by atoms with van der Waals surface area (Å²) in [6.45, 7) is 3.69. The molecule has 1 unspecified atom stereocenters. The van der Waals surface area contributed by atoms with Crippen molar-refractivity contribution in [1.82, 2.24) is 19.7 Å². The van der Waals surface area contributed by atoms with E-state index in [9.17, 15) is 4.79 Å². The zero-order valence-corrected chi connectivity index (χ0v) is 15.5. The molecule has 0 spiro atoms. The highest BCUT2D eigenvalue weighted by Gasteiger charge is 2.37. The number of H-pyrrole nitrogens is 1. The quantitative estimate of drug-likeness (QED) is 0.512. The first-order valence-corrected chi connectivity index (χ1v) is 9.12. The van der Waals surface area contributed by atoms with Crippen LogP contribution in [0.15, 0.2) is 65.5 Å². The van der Waals surface area contributed by atoms with Gasteiger partial charge in [0.1, 0.15) is 5.82 Å². The molecule has 1 N–H and O–H groups in total. The van der Waals surface area contributed by atoms with E-state index in [1.807, 2.05) is 67.6 Å². The third-order valence-corrected chi connectivity index (χ3v) is 5.01. The zero-order chi connectivity index (χ0) is 19.3. The molecule has 28 heavy (non-hydrogen) atoms. The molecule has 0 fully saturated rings. The van der Waals surface area contributed by atoms with Crippen molar-refractivity contribution >= 4 is 0 Å². The van der Waals surface area contributed by atoms with Crippen molar-refractivity contribution in [1.29, 1.82) is 0 Å². The summed E-state index contributed by atoms with van der Waals surface area (Å²) in [6.07, 6.45) is 0. The summed E-state index contributed by atoms with van der Waals surface area (Å²) in [4.78, 5) is 20.2. The van der Waals surface area contributed by atoms with Gasteiger partial charge in [-0.2, -0.15) is 10.1 Å². The maximum atomic E-state index is 12.9. The summed E-state index contributed by atoms with van der Waals surface area (Å²) in [5.74, 6) is 1.15. The number of fused-ring (bicyclic) bond motifs is 2. The summed E-state index contributed by atoms with van der Waals surface area (Å²) >= 11 is 0. The van der Waals surface area contributed by atoms with E-state index < -0.39 is 0 Å². The smallest absolute Gasteiger partial charge is 0.258 e. The number of para-hydroxylation sites is 1. The highest BCUT2D eigenvalue weighted by atomic mass is 16.5. The number of ether oxygens (including phenoxy) is 1. The molecule has 138 valence electrons. The number of nitrogens with one attached hydrogen (secondary N) is 1. The van der Waals surface area contributed by atoms with E-state index in [0.717, 1.165) is 22.5 Å². The van der Waals surface area contributed by atoms with Crippen molar-refractivity contribution in [2.24, 2.45) is 0 Å². The highest BCUT2D eigenvalue weighted by molar-refractivity contribution is 5.57. The summed E-state index contributed by atoms with van der Waals surface area (Å²) in [7, 11) is 0. The Kier molecular flexibility index (Phi) is 3.65. The number of aromatic nitrogens is 4. The van der Waals surface area contributed by atoms with E-state index in [1.165, 1.54) is 0 Å². The van der Waals surface area contributed by atoms with Gasteiger partial charge in [0, 0.05) is 0 Å². The molecule has 1 atom stereocenters. The average Bonchev–Trinajstić information content (AvgIpc) is 3.04. The number of nitrogens with zero attached hydrogens (tertiary/aromatic N) is 3. The maximum Gasteiger partial charge on any atom is 0.258 e. The van der Waals surface area contributed by atoms with Gasteiger partial charge in [-0.3, -0.25) is 4.79 Å². The van der Waals surface area contributed by atoms with Gasteiger partial charge in [0.15, 0.2) is 0 Å². The largest absolute Gasteiger partial charge is 0.420 e. The fraction of sp³-hybridized carbons (Fsp3) is 0.136. The van der Waals surface area contributed by atoms with Crippen molar-refractivity contribution in [2.45, 2.75) is 19.8 Å². The number of aromatic amines is 1. The van der Waals surface area contributed by atoms with Crippen LogP contribution >= 0.6 is 0 Å². The van der Waals surface area contributed by atoms with Gasteiger partial charge in [-0.1, -0.05) is 48.5 Å². The Hall–Kier alpha value is -3.67. The Morgan fingerprint density at radius 1 is 0.964 bits per heavy atom. The molecule has 0 saturated heterocycles. The molecule has 1 aliphatic heterocycles. The molecule has 0 radical (unpaired) electrons. The van der Waals surface area contributed by atoms with Gasteiger partial charge in [-0.15, -0.1) is 0 Å². The lowest BCUT2D eigenvalue weighted by atomic mass is 9.85. The second kappa shape index (κ2) is 6.20. The van der Waals surface area contributed by atoms with Gasteiger partial charge in [0.05, 0.1) is 28.4 Å². The van der Waals surface area contributed by atoms with Crippen molar-refractivity contribution in [3.63, 3.8) is 0 Å². The topological polar surface area (TPSA) is 72.8 Å². The van der Waals surface area contributed by atoms with Gasteiger partial charge in [0.25, 0.3) is 5.56 Å². The second-order valence-corrected chi connectivity index (χ2v) is 6.87. The predicted octanol–water partition coefficient (Wildman–Crippen LogP) is 3.86. The van der Waals surface area contributed by atoms with Gasteiger partial charge >= 0.3 is 0 Å². The van der Waals surface area contributed by atoms with Crippen molar-refractivity contribution in [3.05, 3.63) is 99.2 Å². The van der Waals surface area contributed by atoms with Crippen molar-refractivity contribution < 1.29 is 4.74 Å². The van der Waals surface area contributed by atoms with Gasteiger partial charge in [-0.05, 0) is 31.5 Å². The van der Waals surface area contributed by atoms with E-state index in [4.69, 9.17) is 9.84 Å². The first-order chi connectivity index (χ1) is 13.6. The molecule has 6 nitrogen and oxygen atoms in total. The third-order valence-electron chi connectivity index (χ3n) is 5.01. The van der Waals surface area contributed by atoms with Crippen molar-refractivity contribution in [2.75, 3.05) is 0 Å². The van der Waals surface area contributed by atoms with Crippen LogP contribution < -0.4 is 10.3 Å². The lowest BCUT2D eigenvalue weighted by Gasteiger charge is -2.25.